The van der Waals surface area contributed by atoms with Crippen LogP contribution in [-0.4, -0.2) is 69.8 Å². The minimum absolute atomic E-state index is 0.210. The van der Waals surface area contributed by atoms with Crippen LogP contribution in [0.5, 0.6) is 0 Å². The van der Waals surface area contributed by atoms with Gasteiger partial charge in [-0.25, -0.2) is 4.79 Å². The van der Waals surface area contributed by atoms with Crippen molar-refractivity contribution >= 4 is 17.9 Å². The number of epoxide rings is 1. The van der Waals surface area contributed by atoms with Crippen molar-refractivity contribution in [2.24, 2.45) is 17.3 Å². The second kappa shape index (κ2) is 7.65. The van der Waals surface area contributed by atoms with E-state index in [9.17, 15) is 24.6 Å². The van der Waals surface area contributed by atoms with E-state index in [0.717, 1.165) is 5.57 Å². The van der Waals surface area contributed by atoms with Gasteiger partial charge in [-0.05, 0) is 25.8 Å². The summed E-state index contributed by atoms with van der Waals surface area (Å²) in [4.78, 5) is 36.8. The van der Waals surface area contributed by atoms with Crippen LogP contribution in [0.3, 0.4) is 0 Å². The molecule has 10 atom stereocenters. The summed E-state index contributed by atoms with van der Waals surface area (Å²) < 4.78 is 23.0. The molecule has 2 saturated heterocycles. The van der Waals surface area contributed by atoms with Gasteiger partial charge in [-0.3, -0.25) is 9.59 Å². The van der Waals surface area contributed by atoms with E-state index in [4.69, 9.17) is 18.9 Å². The lowest BCUT2D eigenvalue weighted by Gasteiger charge is -2.51. The van der Waals surface area contributed by atoms with Crippen molar-refractivity contribution in [3.05, 3.63) is 23.8 Å². The van der Waals surface area contributed by atoms with Crippen LogP contribution in [0.25, 0.3) is 0 Å². The Bertz CT molecular complexity index is 940. The van der Waals surface area contributed by atoms with Gasteiger partial charge in [-0.15, -0.1) is 0 Å². The highest BCUT2D eigenvalue weighted by molar-refractivity contribution is 5.88. The monoisotopic (exact) mass is 464 g/mol. The van der Waals surface area contributed by atoms with Crippen LogP contribution in [0.1, 0.15) is 48.0 Å². The van der Waals surface area contributed by atoms with E-state index in [2.05, 4.69) is 0 Å². The Kier molecular flexibility index (Phi) is 5.54. The first-order valence-corrected chi connectivity index (χ1v) is 11.3. The van der Waals surface area contributed by atoms with Gasteiger partial charge in [0.05, 0.1) is 12.2 Å². The minimum atomic E-state index is -1.34. The number of carbonyl (C=O) groups excluding carboxylic acids is 3. The van der Waals surface area contributed by atoms with E-state index in [-0.39, 0.29) is 6.42 Å². The summed E-state index contributed by atoms with van der Waals surface area (Å²) in [5.41, 5.74) is -3.02. The summed E-state index contributed by atoms with van der Waals surface area (Å²) in [6.07, 6.45) is 0.369. The van der Waals surface area contributed by atoms with Gasteiger partial charge in [-0.1, -0.05) is 31.6 Å². The molecule has 0 bridgehead atoms. The van der Waals surface area contributed by atoms with Gasteiger partial charge in [0.1, 0.15) is 12.2 Å². The maximum absolute atomic E-state index is 12.7. The molecule has 2 aliphatic carbocycles. The standard InChI is InChI=1S/C24H32O9/c1-11-9-16(30-13(3)25)20(31-14(4)26)22(5)8-7-15(27)12(2)18(22)19(28)24-17(10-11)32-21(29)23(24,6)33-24/h7-8,10,12,15-20,27-28H,9H2,1-6H3. The Morgan fingerprint density at radius 2 is 1.79 bits per heavy atom. The van der Waals surface area contributed by atoms with E-state index in [1.54, 1.807) is 45.9 Å². The molecule has 1 spiro atoms. The average Bonchev–Trinajstić information content (AvgIpc) is 3.29. The van der Waals surface area contributed by atoms with Crippen molar-refractivity contribution < 1.29 is 43.5 Å². The normalized spacial score (nSPS) is 48.4. The number of aliphatic hydroxyl groups is 2. The molecule has 0 radical (unpaired) electrons. The lowest BCUT2D eigenvalue weighted by molar-refractivity contribution is -0.189. The summed E-state index contributed by atoms with van der Waals surface area (Å²) >= 11 is 0. The molecule has 0 aromatic carbocycles. The molecule has 33 heavy (non-hydrogen) atoms. The predicted octanol–water partition coefficient (Wildman–Crippen LogP) is 1.20. The van der Waals surface area contributed by atoms with Gasteiger partial charge in [-0.2, -0.15) is 0 Å². The zero-order chi connectivity index (χ0) is 24.5. The first-order chi connectivity index (χ1) is 15.3. The van der Waals surface area contributed by atoms with Crippen molar-refractivity contribution in [1.29, 1.82) is 0 Å². The third-order valence-electron chi connectivity index (χ3n) is 7.90. The summed E-state index contributed by atoms with van der Waals surface area (Å²) in [6, 6.07) is 0. The van der Waals surface area contributed by atoms with E-state index in [1.807, 2.05) is 0 Å². The smallest absolute Gasteiger partial charge is 0.342 e. The van der Waals surface area contributed by atoms with Crippen molar-refractivity contribution in [2.75, 3.05) is 0 Å². The van der Waals surface area contributed by atoms with Crippen LogP contribution >= 0.6 is 0 Å². The van der Waals surface area contributed by atoms with Crippen LogP contribution in [0, 0.1) is 17.3 Å². The summed E-state index contributed by atoms with van der Waals surface area (Å²) in [5.74, 6) is -2.91. The Balaban J connectivity index is 1.93. The molecule has 0 aromatic heterocycles. The highest BCUT2D eigenvalue weighted by Gasteiger charge is 2.85. The molecule has 0 saturated carbocycles. The maximum atomic E-state index is 12.7. The zero-order valence-corrected chi connectivity index (χ0v) is 19.7. The topological polar surface area (TPSA) is 132 Å². The SMILES string of the molecule is CC(=O)OC1CC(C)=CC2OC(=O)C3(C)OC23C(O)C2C(C)C(O)C=CC2(C)C1OC(C)=O. The molecule has 0 amide bonds. The Morgan fingerprint density at radius 3 is 2.36 bits per heavy atom. The molecule has 2 fully saturated rings. The molecule has 10 unspecified atom stereocenters. The van der Waals surface area contributed by atoms with Gasteiger partial charge in [0.15, 0.2) is 17.3 Å². The number of ether oxygens (including phenoxy) is 4. The fourth-order valence-electron chi connectivity index (χ4n) is 6.23. The predicted molar refractivity (Wildman–Crippen MR) is 113 cm³/mol. The molecule has 4 aliphatic rings. The largest absolute Gasteiger partial charge is 0.458 e. The molecular formula is C24H32O9. The third-order valence-corrected chi connectivity index (χ3v) is 7.90. The van der Waals surface area contributed by atoms with Gasteiger partial charge < -0.3 is 29.2 Å². The number of carbonyl (C=O) groups is 3. The van der Waals surface area contributed by atoms with Crippen LogP contribution < -0.4 is 0 Å². The van der Waals surface area contributed by atoms with Crippen LogP contribution in [0.4, 0.5) is 0 Å². The fraction of sp³-hybridized carbons (Fsp3) is 0.708. The Morgan fingerprint density at radius 1 is 1.15 bits per heavy atom. The van der Waals surface area contributed by atoms with Crippen molar-refractivity contribution in [3.63, 3.8) is 0 Å². The number of esters is 3. The molecule has 9 nitrogen and oxygen atoms in total. The first-order valence-electron chi connectivity index (χ1n) is 11.3. The van der Waals surface area contributed by atoms with E-state index >= 15 is 0 Å². The zero-order valence-electron chi connectivity index (χ0n) is 19.7. The van der Waals surface area contributed by atoms with Gasteiger partial charge in [0, 0.05) is 31.6 Å². The lowest BCUT2D eigenvalue weighted by atomic mass is 9.57. The molecule has 2 N–H and O–H groups in total. The van der Waals surface area contributed by atoms with Gasteiger partial charge in [0.25, 0.3) is 0 Å². The molecule has 2 heterocycles. The second-order valence-corrected chi connectivity index (χ2v) is 10.2. The molecule has 4 rings (SSSR count). The molecule has 2 aliphatic heterocycles. The minimum Gasteiger partial charge on any atom is -0.458 e. The number of rotatable bonds is 2. The fourth-order valence-corrected chi connectivity index (χ4v) is 6.23. The highest BCUT2D eigenvalue weighted by atomic mass is 16.7. The number of hydrogen-bond donors (Lipinski definition) is 2. The summed E-state index contributed by atoms with van der Waals surface area (Å²) in [7, 11) is 0. The Hall–Kier alpha value is -2.23. The van der Waals surface area contributed by atoms with Crippen LogP contribution in [0.15, 0.2) is 23.8 Å². The summed E-state index contributed by atoms with van der Waals surface area (Å²) in [6.45, 7) is 9.51. The average molecular weight is 465 g/mol. The molecular weight excluding hydrogens is 432 g/mol. The lowest BCUT2D eigenvalue weighted by Crippen LogP contribution is -2.61. The molecule has 9 heteroatoms. The summed E-state index contributed by atoms with van der Waals surface area (Å²) in [5, 5.41) is 22.5. The number of fused-ring (bicyclic) bond motifs is 1. The van der Waals surface area contributed by atoms with E-state index in [0.29, 0.717) is 0 Å². The van der Waals surface area contributed by atoms with Gasteiger partial charge in [0.2, 0.25) is 0 Å². The molecule has 0 aromatic rings. The number of hydrogen-bond acceptors (Lipinski definition) is 9. The van der Waals surface area contributed by atoms with E-state index < -0.39 is 76.9 Å². The number of aliphatic hydroxyl groups excluding tert-OH is 2. The van der Waals surface area contributed by atoms with Crippen molar-refractivity contribution in [3.8, 4) is 0 Å². The maximum Gasteiger partial charge on any atom is 0.342 e. The van der Waals surface area contributed by atoms with E-state index in [1.165, 1.54) is 13.8 Å². The van der Waals surface area contributed by atoms with Crippen LogP contribution in [-0.2, 0) is 33.3 Å². The van der Waals surface area contributed by atoms with Crippen molar-refractivity contribution in [1.82, 2.24) is 0 Å². The quantitative estimate of drug-likeness (QED) is 0.268. The third kappa shape index (κ3) is 3.35. The first kappa shape index (κ1) is 23.9. The van der Waals surface area contributed by atoms with Gasteiger partial charge >= 0.3 is 17.9 Å². The van der Waals surface area contributed by atoms with Crippen molar-refractivity contribution in [2.45, 2.75) is 89.7 Å². The highest BCUT2D eigenvalue weighted by Crippen LogP contribution is 2.64. The Labute approximate surface area is 192 Å². The second-order valence-electron chi connectivity index (χ2n) is 10.2. The van der Waals surface area contributed by atoms with Crippen LogP contribution in [0.2, 0.25) is 0 Å². The molecule has 182 valence electrons.